The molecule has 0 unspecified atom stereocenters. The molecule has 0 fully saturated rings. The maximum atomic E-state index is 10.8. The molecule has 0 saturated heterocycles. The second kappa shape index (κ2) is 6.26. The Balaban J connectivity index is 2.34. The fourth-order valence-corrected chi connectivity index (χ4v) is 2.47. The summed E-state index contributed by atoms with van der Waals surface area (Å²) in [6, 6.07) is 10.6. The molecule has 2 rings (SSSR count). The summed E-state index contributed by atoms with van der Waals surface area (Å²) in [5.41, 5.74) is 1.77. The molecule has 0 aliphatic heterocycles. The smallest absolute Gasteiger partial charge is 0.272 e. The normalized spacial score (nSPS) is 10.7. The van der Waals surface area contributed by atoms with Gasteiger partial charge in [-0.3, -0.25) is 10.1 Å². The minimum absolute atomic E-state index is 0.0993. The molecular formula is C16H16BrNO3. The SMILES string of the molecule is Cc1cc(Oc2ccc(Br)cc2C(C)C)ccc1[N+](=O)[O-]. The van der Waals surface area contributed by atoms with Gasteiger partial charge in [0.2, 0.25) is 0 Å². The summed E-state index contributed by atoms with van der Waals surface area (Å²) >= 11 is 3.46. The predicted molar refractivity (Wildman–Crippen MR) is 86.1 cm³/mol. The molecular weight excluding hydrogens is 334 g/mol. The molecule has 0 spiro atoms. The van der Waals surface area contributed by atoms with Crippen molar-refractivity contribution in [2.75, 3.05) is 0 Å². The molecule has 4 nitrogen and oxygen atoms in total. The Labute approximate surface area is 132 Å². The van der Waals surface area contributed by atoms with Gasteiger partial charge in [-0.15, -0.1) is 0 Å². The number of nitro benzene ring substituents is 1. The zero-order chi connectivity index (χ0) is 15.6. The van der Waals surface area contributed by atoms with Gasteiger partial charge >= 0.3 is 0 Å². The molecule has 0 aliphatic carbocycles. The number of nitrogens with zero attached hydrogens (tertiary/aromatic N) is 1. The zero-order valence-corrected chi connectivity index (χ0v) is 13.7. The van der Waals surface area contributed by atoms with Crippen molar-refractivity contribution in [3.8, 4) is 11.5 Å². The van der Waals surface area contributed by atoms with E-state index in [0.717, 1.165) is 15.8 Å². The van der Waals surface area contributed by atoms with Crippen LogP contribution in [0.2, 0.25) is 0 Å². The maximum absolute atomic E-state index is 10.8. The largest absolute Gasteiger partial charge is 0.457 e. The van der Waals surface area contributed by atoms with Gasteiger partial charge in [0.1, 0.15) is 11.5 Å². The lowest BCUT2D eigenvalue weighted by Crippen LogP contribution is -1.96. The highest BCUT2D eigenvalue weighted by molar-refractivity contribution is 9.10. The van der Waals surface area contributed by atoms with Crippen LogP contribution in [0.1, 0.15) is 30.9 Å². The molecule has 0 amide bonds. The molecule has 21 heavy (non-hydrogen) atoms. The van der Waals surface area contributed by atoms with Crippen molar-refractivity contribution in [2.45, 2.75) is 26.7 Å². The summed E-state index contributed by atoms with van der Waals surface area (Å²) in [4.78, 5) is 10.4. The third-order valence-electron chi connectivity index (χ3n) is 3.19. The monoisotopic (exact) mass is 349 g/mol. The molecule has 0 atom stereocenters. The minimum Gasteiger partial charge on any atom is -0.457 e. The molecule has 0 bridgehead atoms. The van der Waals surface area contributed by atoms with Gasteiger partial charge < -0.3 is 4.74 Å². The van der Waals surface area contributed by atoms with Crippen LogP contribution in [-0.4, -0.2) is 4.92 Å². The Hall–Kier alpha value is -1.88. The van der Waals surface area contributed by atoms with Gasteiger partial charge in [0.15, 0.2) is 0 Å². The van der Waals surface area contributed by atoms with Crippen molar-refractivity contribution in [2.24, 2.45) is 0 Å². The van der Waals surface area contributed by atoms with Crippen molar-refractivity contribution in [1.82, 2.24) is 0 Å². The molecule has 0 heterocycles. The van der Waals surface area contributed by atoms with Crippen molar-refractivity contribution in [3.05, 3.63) is 62.1 Å². The van der Waals surface area contributed by atoms with E-state index in [1.165, 1.54) is 6.07 Å². The van der Waals surface area contributed by atoms with Crippen molar-refractivity contribution in [3.63, 3.8) is 0 Å². The van der Waals surface area contributed by atoms with Crippen LogP contribution < -0.4 is 4.74 Å². The van der Waals surface area contributed by atoms with Crippen LogP contribution in [0.3, 0.4) is 0 Å². The highest BCUT2D eigenvalue weighted by Crippen LogP contribution is 2.34. The van der Waals surface area contributed by atoms with E-state index in [1.54, 1.807) is 19.1 Å². The predicted octanol–water partition coefficient (Wildman–Crippen LogP) is 5.58. The molecule has 0 N–H and O–H groups in total. The van der Waals surface area contributed by atoms with Crippen molar-refractivity contribution >= 4 is 21.6 Å². The number of hydrogen-bond donors (Lipinski definition) is 0. The summed E-state index contributed by atoms with van der Waals surface area (Å²) in [7, 11) is 0. The number of ether oxygens (including phenoxy) is 1. The van der Waals surface area contributed by atoms with Crippen LogP contribution in [0.5, 0.6) is 11.5 Å². The van der Waals surface area contributed by atoms with Crippen LogP contribution >= 0.6 is 15.9 Å². The molecule has 110 valence electrons. The average Bonchev–Trinajstić information content (AvgIpc) is 2.40. The van der Waals surface area contributed by atoms with Crippen LogP contribution in [-0.2, 0) is 0 Å². The Morgan fingerprint density at radius 2 is 1.90 bits per heavy atom. The lowest BCUT2D eigenvalue weighted by atomic mass is 10.0. The average molecular weight is 350 g/mol. The van der Waals surface area contributed by atoms with Gasteiger partial charge in [-0.05, 0) is 48.7 Å². The molecule has 2 aromatic rings. The van der Waals surface area contributed by atoms with Crippen LogP contribution in [0.15, 0.2) is 40.9 Å². The summed E-state index contributed by atoms with van der Waals surface area (Å²) in [6.07, 6.45) is 0. The summed E-state index contributed by atoms with van der Waals surface area (Å²) in [5.74, 6) is 1.68. The van der Waals surface area contributed by atoms with E-state index < -0.39 is 4.92 Å². The van der Waals surface area contributed by atoms with Gasteiger partial charge in [-0.25, -0.2) is 0 Å². The standard InChI is InChI=1S/C16H16BrNO3/c1-10(2)14-9-12(17)4-7-16(14)21-13-5-6-15(18(19)20)11(3)8-13/h4-10H,1-3H3. The van der Waals surface area contributed by atoms with E-state index in [2.05, 4.69) is 29.8 Å². The summed E-state index contributed by atoms with van der Waals surface area (Å²) in [5, 5.41) is 10.8. The summed E-state index contributed by atoms with van der Waals surface area (Å²) in [6.45, 7) is 5.89. The quantitative estimate of drug-likeness (QED) is 0.534. The minimum atomic E-state index is -0.391. The highest BCUT2D eigenvalue weighted by Gasteiger charge is 2.13. The molecule has 0 aliphatic rings. The number of halogens is 1. The van der Waals surface area contributed by atoms with Crippen molar-refractivity contribution < 1.29 is 9.66 Å². The third-order valence-corrected chi connectivity index (χ3v) is 3.68. The van der Waals surface area contributed by atoms with Crippen LogP contribution in [0.4, 0.5) is 5.69 Å². The molecule has 5 heteroatoms. The van der Waals surface area contributed by atoms with E-state index >= 15 is 0 Å². The van der Waals surface area contributed by atoms with Crippen molar-refractivity contribution in [1.29, 1.82) is 0 Å². The molecule has 2 aromatic carbocycles. The topological polar surface area (TPSA) is 52.4 Å². The first-order chi connectivity index (χ1) is 9.88. The number of hydrogen-bond acceptors (Lipinski definition) is 3. The molecule has 0 saturated carbocycles. The van der Waals surface area contributed by atoms with Gasteiger partial charge in [0.05, 0.1) is 4.92 Å². The van der Waals surface area contributed by atoms with Gasteiger partial charge in [0.25, 0.3) is 5.69 Å². The van der Waals surface area contributed by atoms with Gasteiger partial charge in [-0.1, -0.05) is 29.8 Å². The Morgan fingerprint density at radius 1 is 1.19 bits per heavy atom. The van der Waals surface area contributed by atoms with E-state index in [9.17, 15) is 10.1 Å². The molecule has 0 radical (unpaired) electrons. The van der Waals surface area contributed by atoms with Gasteiger partial charge in [-0.2, -0.15) is 0 Å². The van der Waals surface area contributed by atoms with Gasteiger partial charge in [0, 0.05) is 16.1 Å². The second-order valence-corrected chi connectivity index (χ2v) is 6.06. The van der Waals surface area contributed by atoms with E-state index in [0.29, 0.717) is 17.2 Å². The zero-order valence-electron chi connectivity index (χ0n) is 12.1. The lowest BCUT2D eigenvalue weighted by molar-refractivity contribution is -0.385. The fraction of sp³-hybridized carbons (Fsp3) is 0.250. The summed E-state index contributed by atoms with van der Waals surface area (Å²) < 4.78 is 6.90. The first kappa shape index (κ1) is 15.5. The highest BCUT2D eigenvalue weighted by atomic mass is 79.9. The van der Waals surface area contributed by atoms with E-state index in [1.807, 2.05) is 18.2 Å². The Morgan fingerprint density at radius 3 is 2.48 bits per heavy atom. The lowest BCUT2D eigenvalue weighted by Gasteiger charge is -2.14. The fourth-order valence-electron chi connectivity index (χ4n) is 2.09. The van der Waals surface area contributed by atoms with Crippen LogP contribution in [0, 0.1) is 17.0 Å². The first-order valence-corrected chi connectivity index (χ1v) is 7.40. The van der Waals surface area contributed by atoms with Crippen LogP contribution in [0.25, 0.3) is 0 Å². The maximum Gasteiger partial charge on any atom is 0.272 e. The number of aryl methyl sites for hydroxylation is 1. The third kappa shape index (κ3) is 3.61. The van der Waals surface area contributed by atoms with E-state index in [4.69, 9.17) is 4.74 Å². The number of rotatable bonds is 4. The Bertz CT molecular complexity index is 683. The molecule has 0 aromatic heterocycles. The first-order valence-electron chi connectivity index (χ1n) is 6.61. The number of nitro groups is 1. The van der Waals surface area contributed by atoms with E-state index in [-0.39, 0.29) is 5.69 Å². The number of benzene rings is 2. The second-order valence-electron chi connectivity index (χ2n) is 5.14. The Kier molecular flexibility index (Phi) is 4.63.